The summed E-state index contributed by atoms with van der Waals surface area (Å²) in [5, 5.41) is 23.8. The Labute approximate surface area is 654 Å². The maximum Gasteiger partial charge on any atom is 0.246 e. The van der Waals surface area contributed by atoms with E-state index in [1.165, 1.54) is 57.5 Å². The Morgan fingerprint density at radius 1 is 0.407 bits per heavy atom. The Hall–Kier alpha value is -12.7. The van der Waals surface area contributed by atoms with Crippen LogP contribution in [0, 0.1) is 0 Å². The number of amides is 3. The van der Waals surface area contributed by atoms with E-state index < -0.39 is 0 Å². The van der Waals surface area contributed by atoms with Gasteiger partial charge in [-0.15, -0.1) is 0 Å². The molecular weight excluding hydrogens is 1420 g/mol. The third-order valence-electron chi connectivity index (χ3n) is 21.1. The van der Waals surface area contributed by atoms with Crippen molar-refractivity contribution >= 4 is 68.3 Å². The van der Waals surface area contributed by atoms with Crippen molar-refractivity contribution in [2.45, 2.75) is 100 Å². The fourth-order valence-corrected chi connectivity index (χ4v) is 14.6. The average molecular weight is 1510 g/mol. The Morgan fingerprint density at radius 2 is 0.735 bits per heavy atom. The van der Waals surface area contributed by atoms with Gasteiger partial charge in [-0.05, 0) is 180 Å². The fourth-order valence-electron chi connectivity index (χ4n) is 14.6. The van der Waals surface area contributed by atoms with E-state index in [4.69, 9.17) is 46.7 Å². The number of nitrogens with zero attached hydrogens (tertiary/aromatic N) is 16. The van der Waals surface area contributed by atoms with Crippen LogP contribution in [0.25, 0.3) is 66.9 Å². The van der Waals surface area contributed by atoms with E-state index >= 15 is 0 Å². The molecule has 3 aliphatic heterocycles. The van der Waals surface area contributed by atoms with Gasteiger partial charge in [0, 0.05) is 112 Å². The fraction of sp³-hybridized carbons (Fsp3) is 0.302. The summed E-state index contributed by atoms with van der Waals surface area (Å²) in [6, 6.07) is 54.2. The summed E-state index contributed by atoms with van der Waals surface area (Å²) in [5.41, 5.74) is 25.8. The number of nitrogens with one attached hydrogen (secondary N) is 2. The molecule has 6 aromatic heterocycles. The molecule has 0 spiro atoms. The highest BCUT2D eigenvalue weighted by atomic mass is 16.5. The van der Waals surface area contributed by atoms with Crippen molar-refractivity contribution in [1.29, 1.82) is 0 Å². The summed E-state index contributed by atoms with van der Waals surface area (Å²) >= 11 is 0. The molecule has 576 valence electrons. The van der Waals surface area contributed by atoms with E-state index in [1.54, 1.807) is 18.2 Å². The number of hydrogen-bond acceptors (Lipinski definition) is 21. The highest BCUT2D eigenvalue weighted by Gasteiger charge is 2.34. The van der Waals surface area contributed by atoms with Gasteiger partial charge >= 0.3 is 0 Å². The predicted octanol–water partition coefficient (Wildman–Crippen LogP) is 12.6. The number of likely N-dealkylation sites (tertiary alicyclic amines) is 3. The molecule has 113 heavy (non-hydrogen) atoms. The van der Waals surface area contributed by atoms with Crippen LogP contribution in [0.3, 0.4) is 0 Å². The van der Waals surface area contributed by atoms with Crippen molar-refractivity contribution in [1.82, 2.24) is 89.5 Å². The zero-order chi connectivity index (χ0) is 77.2. The third-order valence-corrected chi connectivity index (χ3v) is 21.1. The van der Waals surface area contributed by atoms with Crippen LogP contribution in [0.4, 0.5) is 17.5 Å². The average Bonchev–Trinajstić information content (AvgIpc) is 1.62. The number of carbonyl (C=O) groups is 3. The first-order chi connectivity index (χ1) is 55.4. The normalized spacial score (nSPS) is 17.7. The number of likely N-dealkylation sites (N-methyl/N-ethyl adjacent to an activating group) is 1. The summed E-state index contributed by atoms with van der Waals surface area (Å²) < 4.78 is 23.6. The van der Waals surface area contributed by atoms with Gasteiger partial charge in [-0.3, -0.25) is 19.3 Å². The minimum Gasteiger partial charge on any atom is -0.457 e. The molecule has 3 unspecified atom stereocenters. The van der Waals surface area contributed by atoms with E-state index in [1.807, 2.05) is 211 Å². The van der Waals surface area contributed by atoms with E-state index in [0.717, 1.165) is 136 Å². The Morgan fingerprint density at radius 3 is 1.08 bits per heavy atom. The topological polar surface area (TPSA) is 325 Å². The highest BCUT2D eigenvalue weighted by molar-refractivity contribution is 6.00. The molecule has 6 aromatic carbocycles. The number of carbonyl (C=O) groups excluding carboxylic acids is 3. The molecule has 3 atom stereocenters. The van der Waals surface area contributed by atoms with Crippen LogP contribution in [0.5, 0.6) is 34.5 Å². The molecular formula is C86H91N21O6. The zero-order valence-corrected chi connectivity index (χ0v) is 63.0. The number of rotatable bonds is 24. The Kier molecular flexibility index (Phi) is 22.6. The number of nitrogens with two attached hydrogens (primary N) is 3. The van der Waals surface area contributed by atoms with E-state index in [0.29, 0.717) is 85.2 Å². The monoisotopic (exact) mass is 1510 g/mol. The second-order valence-corrected chi connectivity index (χ2v) is 29.3. The van der Waals surface area contributed by atoms with Gasteiger partial charge in [0.05, 0.1) is 34.3 Å². The van der Waals surface area contributed by atoms with Gasteiger partial charge in [-0.2, -0.15) is 15.3 Å². The number of piperidine rings is 1. The van der Waals surface area contributed by atoms with Gasteiger partial charge in [0.1, 0.15) is 88.0 Å². The van der Waals surface area contributed by atoms with Crippen molar-refractivity contribution in [3.05, 3.63) is 219 Å². The molecule has 27 heteroatoms. The molecule has 9 heterocycles. The van der Waals surface area contributed by atoms with Gasteiger partial charge in [-0.1, -0.05) is 72.8 Å². The van der Waals surface area contributed by atoms with Crippen molar-refractivity contribution in [2.75, 3.05) is 83.2 Å². The number of para-hydroxylation sites is 3. The first-order valence-electron chi connectivity index (χ1n) is 38.9. The highest BCUT2D eigenvalue weighted by Crippen LogP contribution is 2.40. The molecule has 0 radical (unpaired) electrons. The number of anilines is 3. The summed E-state index contributed by atoms with van der Waals surface area (Å²) in [6.45, 7) is 6.06. The number of ether oxygens (including phenoxy) is 3. The molecule has 6 fully saturated rings. The molecule has 8 N–H and O–H groups in total. The third kappa shape index (κ3) is 18.0. The molecule has 3 aliphatic carbocycles. The SMILES string of the molecule is CN(C/C=C/C(=O)N1CCC(n2nc(-c3ccc(Oc4ccccc4)cc3)c3c(N)ncnc32)C1)C1CC1.Nc1ncnc2c1c(-c1ccc(Oc3ccccc3)cc1)nn2C1CCCN(C(=O)/C=C/CNC2CC2)C1.Nc1ncnc2c1c(-c1ccc(Oc3ccccc3)cc1)nn2C1CCN(C(=O)/C=C/CNC2CC2)C1. The number of nitrogen functional groups attached to an aromatic ring is 3. The van der Waals surface area contributed by atoms with Gasteiger partial charge in [0.15, 0.2) is 16.9 Å². The van der Waals surface area contributed by atoms with Gasteiger partial charge < -0.3 is 56.7 Å². The van der Waals surface area contributed by atoms with Gasteiger partial charge in [0.25, 0.3) is 0 Å². The number of benzene rings is 6. The Bertz CT molecular complexity index is 5400. The first kappa shape index (κ1) is 74.4. The lowest BCUT2D eigenvalue weighted by molar-refractivity contribution is -0.128. The first-order valence-corrected chi connectivity index (χ1v) is 38.9. The van der Waals surface area contributed by atoms with E-state index in [2.05, 4.69) is 52.5 Å². The predicted molar refractivity (Wildman–Crippen MR) is 436 cm³/mol. The van der Waals surface area contributed by atoms with Crippen LogP contribution in [-0.4, -0.2) is 181 Å². The molecule has 27 nitrogen and oxygen atoms in total. The van der Waals surface area contributed by atoms with Crippen LogP contribution in [0.2, 0.25) is 0 Å². The van der Waals surface area contributed by atoms with Crippen LogP contribution in [0.15, 0.2) is 219 Å². The van der Waals surface area contributed by atoms with Gasteiger partial charge in [-0.25, -0.2) is 43.9 Å². The molecule has 18 rings (SSSR count). The van der Waals surface area contributed by atoms with Crippen LogP contribution >= 0.6 is 0 Å². The molecule has 3 saturated heterocycles. The maximum atomic E-state index is 12.9. The standard InChI is InChI=1S/2C29H31N7O2.C28H29N7O2/c1-34(21-11-12-21)16-5-8-25(37)35-17-15-22(18-35)36-29-26(28(30)31-19-32-29)27(33-36)20-9-13-24(14-10-20)38-23-6-3-2-4-7-23;30-28-26-27(20-10-14-24(15-11-20)38-23-7-2-1-3-8-23)34-36(29(26)33-19-32-28)22-6-5-17-35(18-22)25(37)9-4-16-31-21-12-13-21;29-27-25-26(19-8-12-23(13-9-19)37-22-5-2-1-3-6-22)33-35(28(25)32-18-31-27)21-14-16-34(17-21)24(36)7-4-15-30-20-10-11-20/h2-10,13-14,19,21-22H,11-12,15-18H2,1H3,(H2,30,31,32);1-4,7-11,14-15,19,21-22,31H,5-6,12-13,16-18H2,(H2,30,32,33);1-9,12-13,18,20-21,30H,10-11,14-17H2,(H2,29,31,32)/b8-5+;9-4+;7-4+. The lowest BCUT2D eigenvalue weighted by Gasteiger charge is -2.32. The van der Waals surface area contributed by atoms with Crippen molar-refractivity contribution in [3.63, 3.8) is 0 Å². The summed E-state index contributed by atoms with van der Waals surface area (Å²) in [7, 11) is 2.11. The second-order valence-electron chi connectivity index (χ2n) is 29.3. The van der Waals surface area contributed by atoms with Crippen molar-refractivity contribution in [3.8, 4) is 68.3 Å². The minimum absolute atomic E-state index is 0.00285. The second kappa shape index (κ2) is 34.3. The summed E-state index contributed by atoms with van der Waals surface area (Å²) in [6.07, 6.45) is 26.1. The quantitative estimate of drug-likeness (QED) is 0.0351. The Balaban J connectivity index is 0.000000128. The number of hydrogen-bond donors (Lipinski definition) is 5. The maximum absolute atomic E-state index is 12.9. The van der Waals surface area contributed by atoms with E-state index in [9.17, 15) is 14.4 Å². The lowest BCUT2D eigenvalue weighted by atomic mass is 10.1. The van der Waals surface area contributed by atoms with Crippen LogP contribution < -0.4 is 42.0 Å². The molecule has 12 aromatic rings. The summed E-state index contributed by atoms with van der Waals surface area (Å²) in [4.78, 5) is 72.6. The summed E-state index contributed by atoms with van der Waals surface area (Å²) in [5.74, 6) is 5.77. The van der Waals surface area contributed by atoms with E-state index in [-0.39, 0.29) is 35.8 Å². The zero-order valence-electron chi connectivity index (χ0n) is 63.0. The minimum atomic E-state index is -0.00285. The number of aromatic nitrogens is 12. The lowest BCUT2D eigenvalue weighted by Crippen LogP contribution is -2.40. The smallest absolute Gasteiger partial charge is 0.246 e. The number of fused-ring (bicyclic) bond motifs is 3. The molecule has 3 amide bonds. The van der Waals surface area contributed by atoms with Crippen LogP contribution in [0.1, 0.15) is 82.3 Å². The largest absolute Gasteiger partial charge is 0.457 e. The van der Waals surface area contributed by atoms with Crippen molar-refractivity contribution < 1.29 is 28.6 Å². The molecule has 6 aliphatic rings. The van der Waals surface area contributed by atoms with Gasteiger partial charge in [0.2, 0.25) is 17.7 Å². The van der Waals surface area contributed by atoms with Crippen molar-refractivity contribution in [2.24, 2.45) is 0 Å². The molecule has 0 bridgehead atoms. The van der Waals surface area contributed by atoms with Crippen LogP contribution in [-0.2, 0) is 14.4 Å². The molecule has 3 saturated carbocycles.